The monoisotopic (exact) mass is 147 g/mol. The summed E-state index contributed by atoms with van der Waals surface area (Å²) in [6.45, 7) is 12.8. The summed E-state index contributed by atoms with van der Waals surface area (Å²) in [6.07, 6.45) is 6.81. The molecule has 0 N–H and O–H groups in total. The van der Waals surface area contributed by atoms with Crippen LogP contribution in [0, 0.1) is 0 Å². The Morgan fingerprint density at radius 2 is 2.00 bits per heavy atom. The molecule has 11 heavy (non-hydrogen) atoms. The van der Waals surface area contributed by atoms with E-state index in [4.69, 9.17) is 0 Å². The molecule has 0 aromatic carbocycles. The van der Waals surface area contributed by atoms with Crippen LogP contribution in [0.4, 0.5) is 0 Å². The number of nitrogens with zero attached hydrogens (tertiary/aromatic N) is 1. The highest BCUT2D eigenvalue weighted by Crippen LogP contribution is 1.92. The SMILES string of the molecule is C=CC(=C)/C=C\N=C/C(=C)C. The van der Waals surface area contributed by atoms with E-state index in [2.05, 4.69) is 24.7 Å². The zero-order valence-corrected chi connectivity index (χ0v) is 6.88. The predicted octanol–water partition coefficient (Wildman–Crippen LogP) is 2.89. The van der Waals surface area contributed by atoms with Gasteiger partial charge in [0.25, 0.3) is 0 Å². The van der Waals surface area contributed by atoms with Crippen molar-refractivity contribution in [1.29, 1.82) is 0 Å². The van der Waals surface area contributed by atoms with Crippen molar-refractivity contribution in [3.05, 3.63) is 49.2 Å². The largest absolute Gasteiger partial charge is 0.264 e. The van der Waals surface area contributed by atoms with E-state index in [1.165, 1.54) is 0 Å². The Balaban J connectivity index is 3.86. The average molecular weight is 147 g/mol. The molecule has 58 valence electrons. The minimum absolute atomic E-state index is 0.851. The van der Waals surface area contributed by atoms with E-state index in [1.54, 1.807) is 24.6 Å². The molecule has 0 aliphatic heterocycles. The lowest BCUT2D eigenvalue weighted by molar-refractivity contribution is 1.53. The van der Waals surface area contributed by atoms with Gasteiger partial charge in [-0.3, -0.25) is 4.99 Å². The minimum atomic E-state index is 0.851. The summed E-state index contributed by atoms with van der Waals surface area (Å²) in [5.74, 6) is 0. The third-order valence-electron chi connectivity index (χ3n) is 0.932. The first-order valence-corrected chi connectivity index (χ1v) is 3.33. The van der Waals surface area contributed by atoms with E-state index < -0.39 is 0 Å². The lowest BCUT2D eigenvalue weighted by Gasteiger charge is -1.83. The van der Waals surface area contributed by atoms with Gasteiger partial charge in [0, 0.05) is 12.4 Å². The zero-order valence-electron chi connectivity index (χ0n) is 6.88. The predicted molar refractivity (Wildman–Crippen MR) is 51.8 cm³/mol. The number of aliphatic imine (C=N–C) groups is 1. The fraction of sp³-hybridized carbons (Fsp3) is 0.100. The van der Waals surface area contributed by atoms with Gasteiger partial charge in [-0.1, -0.05) is 25.8 Å². The van der Waals surface area contributed by atoms with Gasteiger partial charge in [0.15, 0.2) is 0 Å². The van der Waals surface area contributed by atoms with Gasteiger partial charge in [0.05, 0.1) is 0 Å². The Morgan fingerprint density at radius 3 is 2.45 bits per heavy atom. The molecule has 0 aliphatic carbocycles. The molecule has 0 bridgehead atoms. The third-order valence-corrected chi connectivity index (χ3v) is 0.932. The quantitative estimate of drug-likeness (QED) is 0.428. The molecule has 1 nitrogen and oxygen atoms in total. The molecule has 0 heterocycles. The molecule has 0 saturated heterocycles. The number of hydrogen-bond donors (Lipinski definition) is 0. The Bertz CT molecular complexity index is 219. The molecule has 0 fully saturated rings. The molecule has 0 atom stereocenters. The van der Waals surface area contributed by atoms with Crippen molar-refractivity contribution in [1.82, 2.24) is 0 Å². The topological polar surface area (TPSA) is 12.4 Å². The fourth-order valence-electron chi connectivity index (χ4n) is 0.377. The van der Waals surface area contributed by atoms with Crippen LogP contribution in [-0.4, -0.2) is 6.21 Å². The summed E-state index contributed by atoms with van der Waals surface area (Å²) in [6, 6.07) is 0. The number of allylic oxidation sites excluding steroid dienone is 4. The number of hydrogen-bond acceptors (Lipinski definition) is 1. The van der Waals surface area contributed by atoms with Gasteiger partial charge in [-0.25, -0.2) is 0 Å². The maximum absolute atomic E-state index is 3.95. The normalized spacial score (nSPS) is 10.6. The second-order valence-electron chi connectivity index (χ2n) is 2.22. The van der Waals surface area contributed by atoms with Crippen LogP contribution in [0.3, 0.4) is 0 Å². The maximum atomic E-state index is 3.95. The summed E-state index contributed by atoms with van der Waals surface area (Å²) < 4.78 is 0. The summed E-state index contributed by atoms with van der Waals surface area (Å²) >= 11 is 0. The summed E-state index contributed by atoms with van der Waals surface area (Å²) in [5, 5.41) is 0. The van der Waals surface area contributed by atoms with Gasteiger partial charge >= 0.3 is 0 Å². The molecule has 0 aromatic heterocycles. The van der Waals surface area contributed by atoms with E-state index in [-0.39, 0.29) is 0 Å². The Morgan fingerprint density at radius 1 is 1.36 bits per heavy atom. The van der Waals surface area contributed by atoms with Crippen LogP contribution in [0.25, 0.3) is 0 Å². The first kappa shape index (κ1) is 9.63. The highest BCUT2D eigenvalue weighted by molar-refractivity contribution is 5.77. The van der Waals surface area contributed by atoms with Gasteiger partial charge in [0.1, 0.15) is 0 Å². The zero-order chi connectivity index (χ0) is 8.69. The highest BCUT2D eigenvalue weighted by Gasteiger charge is 1.74. The van der Waals surface area contributed by atoms with Crippen LogP contribution in [0.2, 0.25) is 0 Å². The Hall–Kier alpha value is -1.37. The molecule has 0 aliphatic rings. The maximum Gasteiger partial charge on any atom is 0.0291 e. The van der Waals surface area contributed by atoms with Crippen molar-refractivity contribution in [2.75, 3.05) is 0 Å². The van der Waals surface area contributed by atoms with Crippen molar-refractivity contribution in [2.45, 2.75) is 6.92 Å². The van der Waals surface area contributed by atoms with E-state index in [1.807, 2.05) is 6.92 Å². The molecule has 0 spiro atoms. The summed E-state index contributed by atoms with van der Waals surface area (Å²) in [5.41, 5.74) is 1.78. The Labute approximate surface area is 68.2 Å². The molecular weight excluding hydrogens is 134 g/mol. The van der Waals surface area contributed by atoms with E-state index in [0.29, 0.717) is 0 Å². The molecular formula is C10H13N. The first-order valence-electron chi connectivity index (χ1n) is 3.33. The molecule has 0 rings (SSSR count). The third kappa shape index (κ3) is 6.52. The van der Waals surface area contributed by atoms with Crippen LogP contribution < -0.4 is 0 Å². The Kier molecular flexibility index (Phi) is 4.74. The average Bonchev–Trinajstić information content (AvgIpc) is 1.97. The van der Waals surface area contributed by atoms with Crippen LogP contribution >= 0.6 is 0 Å². The van der Waals surface area contributed by atoms with Crippen molar-refractivity contribution in [2.24, 2.45) is 4.99 Å². The van der Waals surface area contributed by atoms with Crippen LogP contribution in [0.1, 0.15) is 6.92 Å². The van der Waals surface area contributed by atoms with E-state index >= 15 is 0 Å². The molecule has 0 unspecified atom stereocenters. The second-order valence-corrected chi connectivity index (χ2v) is 2.22. The molecule has 0 amide bonds. The van der Waals surface area contributed by atoms with Crippen LogP contribution in [0.5, 0.6) is 0 Å². The van der Waals surface area contributed by atoms with Crippen molar-refractivity contribution in [3.8, 4) is 0 Å². The van der Waals surface area contributed by atoms with Crippen molar-refractivity contribution in [3.63, 3.8) is 0 Å². The molecule has 0 aromatic rings. The van der Waals surface area contributed by atoms with Gasteiger partial charge in [-0.05, 0) is 24.1 Å². The lowest BCUT2D eigenvalue weighted by Crippen LogP contribution is -1.70. The van der Waals surface area contributed by atoms with Crippen molar-refractivity contribution >= 4 is 6.21 Å². The minimum Gasteiger partial charge on any atom is -0.264 e. The lowest BCUT2D eigenvalue weighted by atomic mass is 10.3. The molecule has 0 radical (unpaired) electrons. The first-order chi connectivity index (χ1) is 5.16. The van der Waals surface area contributed by atoms with Gasteiger partial charge in [-0.15, -0.1) is 0 Å². The van der Waals surface area contributed by atoms with Gasteiger partial charge in [-0.2, -0.15) is 0 Å². The fourth-order valence-corrected chi connectivity index (χ4v) is 0.377. The smallest absolute Gasteiger partial charge is 0.0291 e. The molecule has 1 heteroatoms. The van der Waals surface area contributed by atoms with Crippen LogP contribution in [-0.2, 0) is 0 Å². The van der Waals surface area contributed by atoms with Crippen molar-refractivity contribution < 1.29 is 0 Å². The summed E-state index contributed by atoms with van der Waals surface area (Å²) in [4.78, 5) is 3.95. The van der Waals surface area contributed by atoms with Crippen LogP contribution in [0.15, 0.2) is 54.2 Å². The van der Waals surface area contributed by atoms with Gasteiger partial charge < -0.3 is 0 Å². The molecule has 0 saturated carbocycles. The highest BCUT2D eigenvalue weighted by atomic mass is 14.7. The summed E-state index contributed by atoms with van der Waals surface area (Å²) in [7, 11) is 0. The standard InChI is InChI=1S/C10H13N/c1-5-10(4)6-7-11-8-9(2)3/h5-8H,1-2,4H2,3H3/b7-6-,11-8-. The van der Waals surface area contributed by atoms with E-state index in [0.717, 1.165) is 11.1 Å². The van der Waals surface area contributed by atoms with Gasteiger partial charge in [0.2, 0.25) is 0 Å². The van der Waals surface area contributed by atoms with E-state index in [9.17, 15) is 0 Å². The second kappa shape index (κ2) is 5.42. The number of rotatable bonds is 4.